The summed E-state index contributed by atoms with van der Waals surface area (Å²) in [6.45, 7) is 21.6. The summed E-state index contributed by atoms with van der Waals surface area (Å²) < 4.78 is 32.7. The summed E-state index contributed by atoms with van der Waals surface area (Å²) in [6.07, 6.45) is 11.0. The second kappa shape index (κ2) is 16.6. The maximum Gasteiger partial charge on any atom is 0.178 e. The van der Waals surface area contributed by atoms with Crippen LogP contribution in [-0.4, -0.2) is 56.9 Å². The Balaban J connectivity index is 0.000000979. The Kier molecular flexibility index (Phi) is 12.4. The number of hydrogen-bond acceptors (Lipinski definition) is 12. The topological polar surface area (TPSA) is 154 Å². The Labute approximate surface area is 309 Å². The summed E-state index contributed by atoms with van der Waals surface area (Å²) in [7, 11) is -4.69. The molecule has 12 nitrogen and oxygen atoms in total. The van der Waals surface area contributed by atoms with Crippen LogP contribution in [0.15, 0.2) is 84.7 Å². The van der Waals surface area contributed by atoms with Crippen LogP contribution in [0.3, 0.4) is 0 Å². The maximum absolute atomic E-state index is 8.60. The lowest BCUT2D eigenvalue weighted by molar-refractivity contribution is -1.92. The van der Waals surface area contributed by atoms with Gasteiger partial charge in [-0.05, 0) is 60.1 Å². The first-order valence-electron chi connectivity index (χ1n) is 17.9. The van der Waals surface area contributed by atoms with Crippen LogP contribution >= 0.6 is 0 Å². The monoisotopic (exact) mass is 730 g/mol. The summed E-state index contributed by atoms with van der Waals surface area (Å²) in [4.78, 5) is 30.1. The Morgan fingerprint density at radius 3 is 1.27 bits per heavy atom. The van der Waals surface area contributed by atoms with Crippen molar-refractivity contribution < 1.29 is 28.9 Å². The highest BCUT2D eigenvalue weighted by atomic mass is 35.7. The zero-order valence-corrected chi connectivity index (χ0v) is 32.1. The maximum atomic E-state index is 8.60. The minimum absolute atomic E-state index is 0.0374. The van der Waals surface area contributed by atoms with E-state index >= 15 is 0 Å². The van der Waals surface area contributed by atoms with Gasteiger partial charge in [0.25, 0.3) is 0 Å². The summed E-state index contributed by atoms with van der Waals surface area (Å²) in [5, 5.41) is 0. The molecule has 2 aromatic heterocycles. The first kappa shape index (κ1) is 38.9. The van der Waals surface area contributed by atoms with Gasteiger partial charge in [-0.15, -0.1) is 0 Å². The molecule has 52 heavy (non-hydrogen) atoms. The van der Waals surface area contributed by atoms with Gasteiger partial charge in [-0.25, -0.2) is 19.9 Å². The predicted molar refractivity (Wildman–Crippen MR) is 200 cm³/mol. The second-order valence-electron chi connectivity index (χ2n) is 14.9. The number of nitrogens with zero attached hydrogens (tertiary/aromatic N) is 8. The molecule has 0 saturated carbocycles. The molecule has 0 unspecified atom stereocenters. The molecule has 0 spiro atoms. The molecule has 278 valence electrons. The molecule has 4 heterocycles. The molecular formula is C39H51ClN8O4. The van der Waals surface area contributed by atoms with Crippen molar-refractivity contribution in [3.63, 3.8) is 0 Å². The quantitative estimate of drug-likeness (QED) is 0.219. The number of hydrogen-bond donors (Lipinski definition) is 1. The van der Waals surface area contributed by atoms with E-state index in [4.69, 9.17) is 38.6 Å². The molecule has 0 fully saturated rings. The lowest BCUT2D eigenvalue weighted by Crippen LogP contribution is -2.58. The molecule has 0 amide bonds. The van der Waals surface area contributed by atoms with E-state index in [0.29, 0.717) is 23.7 Å². The Morgan fingerprint density at radius 2 is 0.923 bits per heavy atom. The number of halogens is 1. The zero-order valence-electron chi connectivity index (χ0n) is 31.3. The smallest absolute Gasteiger partial charge is 0.178 e. The van der Waals surface area contributed by atoms with E-state index in [2.05, 4.69) is 130 Å². The van der Waals surface area contributed by atoms with Gasteiger partial charge < -0.3 is 19.6 Å². The number of fused-ring (bicyclic) bond motifs is 4. The van der Waals surface area contributed by atoms with Crippen LogP contribution in [0.5, 0.6) is 0 Å². The highest BCUT2D eigenvalue weighted by molar-refractivity contribution is 5.86. The van der Waals surface area contributed by atoms with Gasteiger partial charge in [0.2, 0.25) is 0 Å². The van der Waals surface area contributed by atoms with Crippen molar-refractivity contribution in [2.75, 3.05) is 45.8 Å². The fourth-order valence-corrected chi connectivity index (χ4v) is 6.51. The molecule has 0 bridgehead atoms. The number of aromatic nitrogens is 4. The van der Waals surface area contributed by atoms with Crippen molar-refractivity contribution in [1.82, 2.24) is 19.9 Å². The van der Waals surface area contributed by atoms with Crippen molar-refractivity contribution in [2.24, 2.45) is 23.7 Å². The molecule has 6 rings (SSSR count). The first-order chi connectivity index (χ1) is 24.6. The molecule has 0 saturated heterocycles. The average Bonchev–Trinajstić information content (AvgIpc) is 3.46. The predicted octanol–water partition coefficient (Wildman–Crippen LogP) is 4.31. The van der Waals surface area contributed by atoms with E-state index in [-0.39, 0.29) is 6.17 Å². The van der Waals surface area contributed by atoms with Crippen molar-refractivity contribution in [3.8, 4) is 0 Å². The summed E-state index contributed by atoms with van der Waals surface area (Å²) >= 11 is 0. The van der Waals surface area contributed by atoms with E-state index in [9.17, 15) is 0 Å². The van der Waals surface area contributed by atoms with Crippen LogP contribution in [0.1, 0.15) is 55.4 Å². The SMILES string of the molecule is CC(C)CN1C(=CC=CC=CC2N(CC(C)C)c3nc4ccccc4nc3N2CC(C)C)N(CC(C)C)c2nc3ccccc3nc21.[O-][Cl+3]([O-])([O-])O. The third kappa shape index (κ3) is 9.55. The standard InChI is InChI=1S/C39H50N8.ClHO4/c1-26(2)22-44-34(45(23-27(3)4)37-36(44)40-30-16-12-13-17-31(30)41-37)20-10-9-11-21-35-46(24-28(5)6)38-39(47(35)25-29(7)8)43-33-19-15-14-18-32(33)42-38;2-1(3,4)5/h9-21,26-29,34H,22-25H2,1-8H3;(H,2,3,4,5). The first-order valence-corrected chi connectivity index (χ1v) is 19.2. The molecule has 1 N–H and O–H groups in total. The Morgan fingerprint density at radius 1 is 0.577 bits per heavy atom. The van der Waals surface area contributed by atoms with Gasteiger partial charge in [0.1, 0.15) is 12.0 Å². The third-order valence-corrected chi connectivity index (χ3v) is 8.29. The van der Waals surface area contributed by atoms with Crippen molar-refractivity contribution in [1.29, 1.82) is 0 Å². The van der Waals surface area contributed by atoms with Gasteiger partial charge in [-0.1, -0.05) is 97.9 Å². The van der Waals surface area contributed by atoms with Gasteiger partial charge in [-0.2, -0.15) is 14.0 Å². The molecular weight excluding hydrogens is 680 g/mol. The van der Waals surface area contributed by atoms with E-state index in [1.165, 1.54) is 0 Å². The van der Waals surface area contributed by atoms with Gasteiger partial charge in [0.05, 0.1) is 37.0 Å². The van der Waals surface area contributed by atoms with E-state index in [0.717, 1.165) is 77.3 Å². The Bertz CT molecular complexity index is 1800. The van der Waals surface area contributed by atoms with Crippen molar-refractivity contribution in [3.05, 3.63) is 84.7 Å². The highest BCUT2D eigenvalue weighted by Crippen LogP contribution is 2.41. The number of allylic oxidation sites excluding steroid dienone is 4. The summed E-state index contributed by atoms with van der Waals surface area (Å²) in [5.74, 6) is 6.84. The van der Waals surface area contributed by atoms with Crippen molar-refractivity contribution >= 4 is 45.3 Å². The van der Waals surface area contributed by atoms with E-state index < -0.39 is 10.2 Å². The van der Waals surface area contributed by atoms with Gasteiger partial charge >= 0.3 is 0 Å². The van der Waals surface area contributed by atoms with Crippen LogP contribution in [0.25, 0.3) is 22.1 Å². The van der Waals surface area contributed by atoms with Crippen LogP contribution < -0.4 is 33.6 Å². The fourth-order valence-electron chi connectivity index (χ4n) is 6.51. The molecule has 2 aliphatic rings. The minimum Gasteiger partial charge on any atom is -0.329 e. The van der Waals surface area contributed by atoms with Gasteiger partial charge in [0.15, 0.2) is 23.3 Å². The summed E-state index contributed by atoms with van der Waals surface area (Å²) in [6, 6.07) is 16.4. The van der Waals surface area contributed by atoms with E-state index in [1.54, 1.807) is 0 Å². The third-order valence-electron chi connectivity index (χ3n) is 8.29. The van der Waals surface area contributed by atoms with Crippen LogP contribution in [0.2, 0.25) is 0 Å². The normalized spacial score (nSPS) is 15.1. The Hall–Kier alpha value is -4.33. The largest absolute Gasteiger partial charge is 0.329 e. The number of rotatable bonds is 11. The molecule has 0 radical (unpaired) electrons. The zero-order chi connectivity index (χ0) is 37.7. The van der Waals surface area contributed by atoms with Crippen LogP contribution in [0.4, 0.5) is 23.3 Å². The number of benzene rings is 2. The van der Waals surface area contributed by atoms with E-state index in [1.807, 2.05) is 24.3 Å². The van der Waals surface area contributed by atoms with Crippen molar-refractivity contribution in [2.45, 2.75) is 61.6 Å². The molecule has 0 atom stereocenters. The summed E-state index contributed by atoms with van der Waals surface area (Å²) in [5.41, 5.74) is 3.73. The molecule has 13 heteroatoms. The highest BCUT2D eigenvalue weighted by Gasteiger charge is 2.38. The van der Waals surface area contributed by atoms with Gasteiger partial charge in [0, 0.05) is 26.2 Å². The van der Waals surface area contributed by atoms with Crippen LogP contribution in [-0.2, 0) is 0 Å². The lowest BCUT2D eigenvalue weighted by atomic mass is 10.2. The average molecular weight is 731 g/mol. The molecule has 4 aromatic rings. The number of para-hydroxylation sites is 4. The second-order valence-corrected chi connectivity index (χ2v) is 15.7. The molecule has 0 aliphatic carbocycles. The number of anilines is 4. The molecule has 2 aromatic carbocycles. The lowest BCUT2D eigenvalue weighted by Gasteiger charge is -2.31. The molecule has 2 aliphatic heterocycles. The fraction of sp³-hybridized carbons (Fsp3) is 0.436. The van der Waals surface area contributed by atoms with Gasteiger partial charge in [-0.3, -0.25) is 0 Å². The van der Waals surface area contributed by atoms with Crippen LogP contribution in [0, 0.1) is 33.9 Å². The minimum atomic E-state index is -4.69.